The molecular weight excluding hydrogens is 537 g/mol. The van der Waals surface area contributed by atoms with E-state index in [0.29, 0.717) is 48.7 Å². The third-order valence-corrected chi connectivity index (χ3v) is 8.61. The number of carbonyl (C=O) groups is 1. The number of halogens is 5. The summed E-state index contributed by atoms with van der Waals surface area (Å²) in [5, 5.41) is 7.34. The number of hydrogen-bond acceptors (Lipinski definition) is 4. The maximum atomic E-state index is 13.0. The Kier molecular flexibility index (Phi) is 5.14. The van der Waals surface area contributed by atoms with E-state index < -0.39 is 15.1 Å². The van der Waals surface area contributed by atoms with E-state index in [1.54, 1.807) is 10.7 Å². The van der Waals surface area contributed by atoms with E-state index in [1.807, 2.05) is 54.3 Å². The number of benzene rings is 2. The molecule has 2 aliphatic rings. The summed E-state index contributed by atoms with van der Waals surface area (Å²) in [6, 6.07) is 16.7. The van der Waals surface area contributed by atoms with E-state index in [1.165, 1.54) is 0 Å². The Morgan fingerprint density at radius 3 is 2.00 bits per heavy atom. The average Bonchev–Trinajstić information content (AvgIpc) is 3.16. The molecule has 0 aliphatic carbocycles. The highest BCUT2D eigenvalue weighted by atomic mass is 32.5. The van der Waals surface area contributed by atoms with Crippen LogP contribution in [0.4, 0.5) is 30.8 Å². The van der Waals surface area contributed by atoms with Gasteiger partial charge in [0.25, 0.3) is 5.91 Å². The van der Waals surface area contributed by atoms with Crippen molar-refractivity contribution in [2.24, 2.45) is 5.41 Å². The maximum Gasteiger partial charge on any atom is 0.310 e. The monoisotopic (exact) mass is 563 g/mol. The number of hydrogen-bond donors (Lipinski definition) is 1. The Morgan fingerprint density at radius 1 is 0.872 bits per heavy atom. The molecule has 6 rings (SSSR count). The van der Waals surface area contributed by atoms with Crippen molar-refractivity contribution in [3.8, 4) is 0 Å². The van der Waals surface area contributed by atoms with Crippen LogP contribution < -0.4 is 15.1 Å². The topological polar surface area (TPSA) is 52.9 Å². The summed E-state index contributed by atoms with van der Waals surface area (Å²) in [7, 11) is -9.65. The minimum atomic E-state index is -9.65. The highest BCUT2D eigenvalue weighted by Crippen LogP contribution is 3.02. The van der Waals surface area contributed by atoms with Crippen molar-refractivity contribution in [3.63, 3.8) is 0 Å². The van der Waals surface area contributed by atoms with Crippen LogP contribution in [0.25, 0.3) is 5.52 Å². The van der Waals surface area contributed by atoms with E-state index in [9.17, 15) is 24.2 Å². The molecule has 2 saturated heterocycles. The summed E-state index contributed by atoms with van der Waals surface area (Å²) in [5.74, 6) is -0.180. The lowest BCUT2D eigenvalue weighted by molar-refractivity contribution is 0.0952. The largest absolute Gasteiger partial charge is 0.370 e. The Hall–Kier alpha value is -3.80. The van der Waals surface area contributed by atoms with Crippen molar-refractivity contribution < 1.29 is 24.2 Å². The number of carbonyl (C=O) groups excluding carboxylic acids is 1. The number of aromatic nitrogens is 2. The lowest BCUT2D eigenvalue weighted by Crippen LogP contribution is -2.72. The minimum Gasteiger partial charge on any atom is -0.370 e. The van der Waals surface area contributed by atoms with Gasteiger partial charge in [-0.2, -0.15) is 5.10 Å². The van der Waals surface area contributed by atoms with Crippen molar-refractivity contribution >= 4 is 33.0 Å². The number of fused-ring (bicyclic) bond motifs is 1. The van der Waals surface area contributed by atoms with Crippen LogP contribution in [-0.2, 0) is 6.54 Å². The van der Waals surface area contributed by atoms with E-state index in [2.05, 4.69) is 15.3 Å². The molecule has 0 radical (unpaired) electrons. The quantitative estimate of drug-likeness (QED) is 0.270. The molecule has 0 bridgehead atoms. The molecular formula is C27H26F5N5OS. The first kappa shape index (κ1) is 25.5. The molecule has 0 atom stereocenters. The summed E-state index contributed by atoms with van der Waals surface area (Å²) in [6.45, 7) is 5.11. The summed E-state index contributed by atoms with van der Waals surface area (Å²) in [4.78, 5) is 15.1. The van der Waals surface area contributed by atoms with Gasteiger partial charge < -0.3 is 15.1 Å². The average molecular weight is 564 g/mol. The van der Waals surface area contributed by atoms with Crippen LogP contribution in [0.5, 0.6) is 0 Å². The van der Waals surface area contributed by atoms with Gasteiger partial charge in [-0.3, -0.25) is 4.79 Å². The Bertz CT molecular complexity index is 1570. The van der Waals surface area contributed by atoms with Gasteiger partial charge in [-0.1, -0.05) is 37.6 Å². The Morgan fingerprint density at radius 2 is 1.44 bits per heavy atom. The summed E-state index contributed by atoms with van der Waals surface area (Å²) in [5.41, 5.74) is 4.53. The first-order chi connectivity index (χ1) is 18.2. The normalized spacial score (nSPS) is 18.3. The first-order valence-corrected chi connectivity index (χ1v) is 14.3. The summed E-state index contributed by atoms with van der Waals surface area (Å²) in [6.07, 6.45) is 1.80. The van der Waals surface area contributed by atoms with Crippen LogP contribution >= 0.6 is 10.2 Å². The van der Waals surface area contributed by atoms with Crippen LogP contribution in [0, 0.1) is 12.3 Å². The zero-order chi connectivity index (χ0) is 27.7. The SMILES string of the molecule is Cc1nn2ccccc2c1C(=O)NCc1ccc(N2CC3(C2)CN(c2ccc(S(F)(F)(F)(F)F)cc2)C3)cc1. The molecule has 4 heterocycles. The second kappa shape index (κ2) is 7.87. The van der Waals surface area contributed by atoms with Gasteiger partial charge in [0.15, 0.2) is 0 Å². The Labute approximate surface area is 221 Å². The molecule has 39 heavy (non-hydrogen) atoms. The second-order valence-corrected chi connectivity index (χ2v) is 12.9. The fraction of sp³-hybridized carbons (Fsp3) is 0.259. The molecule has 1 amide bonds. The predicted molar refractivity (Wildman–Crippen MR) is 142 cm³/mol. The van der Waals surface area contributed by atoms with Crippen molar-refractivity contribution in [2.75, 3.05) is 36.0 Å². The van der Waals surface area contributed by atoms with Gasteiger partial charge in [-0.15, -0.1) is 0 Å². The first-order valence-electron chi connectivity index (χ1n) is 12.4. The number of rotatable bonds is 6. The molecule has 2 aromatic carbocycles. The number of anilines is 2. The van der Waals surface area contributed by atoms with Crippen molar-refractivity contribution in [3.05, 3.63) is 89.7 Å². The van der Waals surface area contributed by atoms with Crippen LogP contribution in [-0.4, -0.2) is 41.7 Å². The fourth-order valence-corrected chi connectivity index (χ4v) is 6.15. The third-order valence-electron chi connectivity index (χ3n) is 7.45. The van der Waals surface area contributed by atoms with E-state index >= 15 is 0 Å². The van der Waals surface area contributed by atoms with Crippen molar-refractivity contribution in [2.45, 2.75) is 18.4 Å². The molecule has 0 unspecified atom stereocenters. The molecule has 2 fully saturated rings. The van der Waals surface area contributed by atoms with Crippen LogP contribution in [0.2, 0.25) is 0 Å². The standard InChI is InChI=1S/C27H26F5N5OS/c1-19-25(24-4-2-3-13-37(24)34-19)26(38)33-14-20-5-7-21(8-6-20)35-15-27(16-35)17-36(18-27)22-9-11-23(12-10-22)39(28,29,30,31)32/h2-13H,14-18H2,1H3,(H,33,38). The van der Waals surface area contributed by atoms with Gasteiger partial charge in [0, 0.05) is 55.7 Å². The maximum absolute atomic E-state index is 13.0. The number of aryl methyl sites for hydroxylation is 1. The van der Waals surface area contributed by atoms with Crippen molar-refractivity contribution in [1.29, 1.82) is 0 Å². The molecule has 0 saturated carbocycles. The number of nitrogens with one attached hydrogen (secondary N) is 1. The number of amides is 1. The van der Waals surface area contributed by atoms with Crippen LogP contribution in [0.1, 0.15) is 21.6 Å². The van der Waals surface area contributed by atoms with Crippen LogP contribution in [0.3, 0.4) is 0 Å². The Balaban J connectivity index is 1.01. The molecule has 12 heteroatoms. The predicted octanol–water partition coefficient (Wildman–Crippen LogP) is 6.56. The number of pyridine rings is 1. The second-order valence-electron chi connectivity index (χ2n) is 10.5. The van der Waals surface area contributed by atoms with Crippen molar-refractivity contribution in [1.82, 2.24) is 14.9 Å². The van der Waals surface area contributed by atoms with E-state index in [-0.39, 0.29) is 11.3 Å². The van der Waals surface area contributed by atoms with E-state index in [0.717, 1.165) is 42.0 Å². The van der Waals surface area contributed by atoms with Gasteiger partial charge in [0.1, 0.15) is 4.90 Å². The lowest BCUT2D eigenvalue weighted by atomic mass is 9.72. The molecule has 1 N–H and O–H groups in total. The lowest BCUT2D eigenvalue weighted by Gasteiger charge is -2.61. The zero-order valence-corrected chi connectivity index (χ0v) is 21.8. The molecule has 2 aromatic heterocycles. The highest BCUT2D eigenvalue weighted by molar-refractivity contribution is 8.45. The fourth-order valence-electron chi connectivity index (χ4n) is 5.50. The minimum absolute atomic E-state index is 0.0393. The van der Waals surface area contributed by atoms with Gasteiger partial charge in [-0.25, -0.2) is 4.52 Å². The van der Waals surface area contributed by atoms with E-state index in [4.69, 9.17) is 0 Å². The summed E-state index contributed by atoms with van der Waals surface area (Å²) < 4.78 is 66.5. The van der Waals surface area contributed by atoms with Gasteiger partial charge in [0.05, 0.1) is 16.8 Å². The van der Waals surface area contributed by atoms with Gasteiger partial charge >= 0.3 is 10.2 Å². The third kappa shape index (κ3) is 4.77. The number of nitrogens with zero attached hydrogens (tertiary/aromatic N) is 4. The van der Waals surface area contributed by atoms with Gasteiger partial charge in [0.2, 0.25) is 0 Å². The molecule has 2 aliphatic heterocycles. The molecule has 6 nitrogen and oxygen atoms in total. The summed E-state index contributed by atoms with van der Waals surface area (Å²) >= 11 is 0. The smallest absolute Gasteiger partial charge is 0.310 e. The van der Waals surface area contributed by atoms with Gasteiger partial charge in [-0.05, 0) is 61.0 Å². The molecule has 1 spiro atoms. The zero-order valence-electron chi connectivity index (χ0n) is 21.0. The van der Waals surface area contributed by atoms with Crippen LogP contribution in [0.15, 0.2) is 77.8 Å². The molecule has 4 aromatic rings. The highest BCUT2D eigenvalue weighted by Gasteiger charge is 2.65. The molecule has 206 valence electrons.